The third-order valence-corrected chi connectivity index (χ3v) is 4.87. The van der Waals surface area contributed by atoms with E-state index in [1.165, 1.54) is 43.5 Å². The Morgan fingerprint density at radius 1 is 1.05 bits per heavy atom. The van der Waals surface area contributed by atoms with Crippen molar-refractivity contribution in [2.75, 3.05) is 26.7 Å². The molecule has 0 N–H and O–H groups in total. The Morgan fingerprint density at radius 2 is 1.64 bits per heavy atom. The summed E-state index contributed by atoms with van der Waals surface area (Å²) in [5.41, 5.74) is 2.90. The summed E-state index contributed by atoms with van der Waals surface area (Å²) in [6, 6.07) is 9.02. The highest BCUT2D eigenvalue weighted by Gasteiger charge is 2.23. The molecule has 1 aromatic rings. The van der Waals surface area contributed by atoms with Gasteiger partial charge in [0.15, 0.2) is 0 Å². The van der Waals surface area contributed by atoms with E-state index in [1.807, 2.05) is 7.11 Å². The quantitative estimate of drug-likeness (QED) is 0.775. The minimum atomic E-state index is 0.191. The number of piperidine rings is 1. The van der Waals surface area contributed by atoms with E-state index >= 15 is 0 Å². The monoisotopic (exact) mass is 303 g/mol. The van der Waals surface area contributed by atoms with Crippen LogP contribution in [0.1, 0.15) is 64.2 Å². The molecule has 1 aliphatic rings. The van der Waals surface area contributed by atoms with Gasteiger partial charge in [-0.05, 0) is 48.4 Å². The molecule has 124 valence electrons. The highest BCUT2D eigenvalue weighted by atomic mass is 16.5. The first-order valence-corrected chi connectivity index (χ1v) is 8.77. The molecule has 0 spiro atoms. The summed E-state index contributed by atoms with van der Waals surface area (Å²) in [4.78, 5) is 2.60. The van der Waals surface area contributed by atoms with Gasteiger partial charge in [0.25, 0.3) is 0 Å². The van der Waals surface area contributed by atoms with Gasteiger partial charge in [0.1, 0.15) is 0 Å². The van der Waals surface area contributed by atoms with Crippen LogP contribution in [0.2, 0.25) is 0 Å². The molecule has 0 radical (unpaired) electrons. The van der Waals surface area contributed by atoms with E-state index in [-0.39, 0.29) is 11.5 Å². The van der Waals surface area contributed by atoms with Crippen LogP contribution in [-0.4, -0.2) is 31.6 Å². The van der Waals surface area contributed by atoms with Crippen LogP contribution in [0.4, 0.5) is 0 Å². The van der Waals surface area contributed by atoms with E-state index in [0.29, 0.717) is 5.92 Å². The van der Waals surface area contributed by atoms with E-state index in [9.17, 15) is 0 Å². The maximum atomic E-state index is 5.84. The Labute approximate surface area is 136 Å². The molecule has 0 aromatic heterocycles. The summed E-state index contributed by atoms with van der Waals surface area (Å²) in [7, 11) is 1.84. The van der Waals surface area contributed by atoms with E-state index < -0.39 is 0 Å². The lowest BCUT2D eigenvalue weighted by molar-refractivity contribution is 0.0380. The summed E-state index contributed by atoms with van der Waals surface area (Å²) in [6.45, 7) is 12.7. The number of benzene rings is 1. The number of likely N-dealkylation sites (tertiary alicyclic amines) is 1. The second kappa shape index (κ2) is 7.61. The van der Waals surface area contributed by atoms with Crippen molar-refractivity contribution < 1.29 is 4.74 Å². The minimum absolute atomic E-state index is 0.191. The predicted molar refractivity (Wildman–Crippen MR) is 94.3 cm³/mol. The van der Waals surface area contributed by atoms with Crippen molar-refractivity contribution in [1.29, 1.82) is 0 Å². The van der Waals surface area contributed by atoms with Gasteiger partial charge in [0.05, 0.1) is 6.10 Å². The molecule has 22 heavy (non-hydrogen) atoms. The Morgan fingerprint density at radius 3 is 2.14 bits per heavy atom. The van der Waals surface area contributed by atoms with Crippen LogP contribution in [0.25, 0.3) is 0 Å². The third kappa shape index (κ3) is 4.57. The van der Waals surface area contributed by atoms with Crippen LogP contribution >= 0.6 is 0 Å². The average Bonchev–Trinajstić information content (AvgIpc) is 2.48. The Balaban J connectivity index is 2.03. The minimum Gasteiger partial charge on any atom is -0.376 e. The van der Waals surface area contributed by atoms with E-state index in [2.05, 4.69) is 56.9 Å². The van der Waals surface area contributed by atoms with Crippen molar-refractivity contribution in [3.63, 3.8) is 0 Å². The molecule has 2 unspecified atom stereocenters. The Kier molecular flexibility index (Phi) is 6.05. The molecule has 1 aliphatic heterocycles. The van der Waals surface area contributed by atoms with Gasteiger partial charge >= 0.3 is 0 Å². The van der Waals surface area contributed by atoms with Crippen molar-refractivity contribution in [2.45, 2.75) is 58.5 Å². The number of rotatable bonds is 5. The topological polar surface area (TPSA) is 12.5 Å². The first kappa shape index (κ1) is 17.5. The van der Waals surface area contributed by atoms with Gasteiger partial charge in [0, 0.05) is 13.7 Å². The van der Waals surface area contributed by atoms with Gasteiger partial charge in [-0.2, -0.15) is 0 Å². The fourth-order valence-electron chi connectivity index (χ4n) is 3.51. The van der Waals surface area contributed by atoms with E-state index in [4.69, 9.17) is 4.74 Å². The summed E-state index contributed by atoms with van der Waals surface area (Å²) in [6.07, 6.45) is 4.29. The fraction of sp³-hybridized carbons (Fsp3) is 0.700. The molecular formula is C20H33NO. The predicted octanol–water partition coefficient (Wildman–Crippen LogP) is 4.79. The standard InChI is InChI=1S/C20H33NO/c1-16(15-21-13-7-6-8-14-21)19(22-5)17-9-11-18(12-10-17)20(2,3)4/h9-12,16,19H,6-8,13-15H2,1-5H3. The molecule has 2 heteroatoms. The molecule has 0 aliphatic carbocycles. The zero-order valence-corrected chi connectivity index (χ0v) is 15.1. The van der Waals surface area contributed by atoms with Gasteiger partial charge in [-0.25, -0.2) is 0 Å². The first-order chi connectivity index (χ1) is 10.4. The van der Waals surface area contributed by atoms with Crippen LogP contribution in [-0.2, 0) is 10.2 Å². The molecule has 1 heterocycles. The molecule has 0 amide bonds. The number of hydrogen-bond donors (Lipinski definition) is 0. The molecule has 1 fully saturated rings. The second-order valence-corrected chi connectivity index (χ2v) is 7.87. The molecule has 2 rings (SSSR count). The van der Waals surface area contributed by atoms with Crippen LogP contribution < -0.4 is 0 Å². The maximum absolute atomic E-state index is 5.84. The van der Waals surface area contributed by atoms with Gasteiger partial charge < -0.3 is 9.64 Å². The summed E-state index contributed by atoms with van der Waals surface area (Å²) in [5.74, 6) is 0.517. The van der Waals surface area contributed by atoms with E-state index in [1.54, 1.807) is 0 Å². The molecular weight excluding hydrogens is 270 g/mol. The Bertz CT molecular complexity index is 440. The average molecular weight is 303 g/mol. The largest absolute Gasteiger partial charge is 0.376 e. The van der Waals surface area contributed by atoms with Crippen LogP contribution in [0.3, 0.4) is 0 Å². The summed E-state index contributed by atoms with van der Waals surface area (Å²) in [5, 5.41) is 0. The first-order valence-electron chi connectivity index (χ1n) is 8.77. The molecule has 0 bridgehead atoms. The van der Waals surface area contributed by atoms with Crippen LogP contribution in [0.5, 0.6) is 0 Å². The maximum Gasteiger partial charge on any atom is 0.0858 e. The molecule has 1 aromatic carbocycles. The summed E-state index contributed by atoms with van der Waals surface area (Å²) >= 11 is 0. The number of hydrogen-bond acceptors (Lipinski definition) is 2. The smallest absolute Gasteiger partial charge is 0.0858 e. The van der Waals surface area contributed by atoms with Crippen LogP contribution in [0.15, 0.2) is 24.3 Å². The molecule has 2 atom stereocenters. The number of methoxy groups -OCH3 is 1. The third-order valence-electron chi connectivity index (χ3n) is 4.87. The van der Waals surface area contributed by atoms with Crippen LogP contribution in [0, 0.1) is 5.92 Å². The van der Waals surface area contributed by atoms with Crippen molar-refractivity contribution in [3.05, 3.63) is 35.4 Å². The molecule has 0 saturated carbocycles. The lowest BCUT2D eigenvalue weighted by Gasteiger charge is -2.32. The van der Waals surface area contributed by atoms with Gasteiger partial charge in [-0.15, -0.1) is 0 Å². The highest BCUT2D eigenvalue weighted by molar-refractivity contribution is 5.29. The van der Waals surface area contributed by atoms with Gasteiger partial charge in [-0.3, -0.25) is 0 Å². The van der Waals surface area contributed by atoms with E-state index in [0.717, 1.165) is 6.54 Å². The second-order valence-electron chi connectivity index (χ2n) is 7.87. The zero-order chi connectivity index (χ0) is 16.2. The SMILES string of the molecule is COC(c1ccc(C(C)(C)C)cc1)C(C)CN1CCCCC1. The fourth-order valence-corrected chi connectivity index (χ4v) is 3.51. The lowest BCUT2D eigenvalue weighted by atomic mass is 9.85. The molecule has 2 nitrogen and oxygen atoms in total. The molecule has 1 saturated heterocycles. The van der Waals surface area contributed by atoms with Crippen molar-refractivity contribution in [2.24, 2.45) is 5.92 Å². The van der Waals surface area contributed by atoms with Crippen molar-refractivity contribution in [1.82, 2.24) is 4.90 Å². The Hall–Kier alpha value is -0.860. The van der Waals surface area contributed by atoms with Gasteiger partial charge in [0.2, 0.25) is 0 Å². The highest BCUT2D eigenvalue weighted by Crippen LogP contribution is 2.29. The van der Waals surface area contributed by atoms with Gasteiger partial charge in [-0.1, -0.05) is 58.4 Å². The van der Waals surface area contributed by atoms with Crippen molar-refractivity contribution in [3.8, 4) is 0 Å². The zero-order valence-electron chi connectivity index (χ0n) is 15.1. The normalized spacial score (nSPS) is 19.9. The van der Waals surface area contributed by atoms with Crippen molar-refractivity contribution >= 4 is 0 Å². The summed E-state index contributed by atoms with van der Waals surface area (Å²) < 4.78 is 5.84. The number of ether oxygens (including phenoxy) is 1. The lowest BCUT2D eigenvalue weighted by Crippen LogP contribution is -2.35. The number of nitrogens with zero attached hydrogens (tertiary/aromatic N) is 1.